The van der Waals surface area contributed by atoms with E-state index in [9.17, 15) is 14.4 Å². The average molecular weight is 595 g/mol. The number of esters is 1. The van der Waals surface area contributed by atoms with Crippen molar-refractivity contribution in [3.63, 3.8) is 0 Å². The number of rotatable bonds is 9. The second-order valence-electron chi connectivity index (χ2n) is 11.7. The minimum atomic E-state index is -1.04. The first-order valence-electron chi connectivity index (χ1n) is 13.2. The molecule has 6 nitrogen and oxygen atoms in total. The van der Waals surface area contributed by atoms with Gasteiger partial charge in [-0.3, -0.25) is 14.4 Å². The molecule has 4 rings (SSSR count). The van der Waals surface area contributed by atoms with Crippen LogP contribution in [-0.4, -0.2) is 29.0 Å². The molecule has 0 radical (unpaired) electrons. The van der Waals surface area contributed by atoms with Crippen molar-refractivity contribution >= 4 is 46.3 Å². The van der Waals surface area contributed by atoms with Crippen LogP contribution in [0.5, 0.6) is 5.75 Å². The zero-order valence-electron chi connectivity index (χ0n) is 24.0. The summed E-state index contributed by atoms with van der Waals surface area (Å²) in [5.41, 5.74) is 1.06. The number of hydrogen-bond donors (Lipinski definition) is 0. The molecule has 2 aromatic carbocycles. The number of halogens is 2. The van der Waals surface area contributed by atoms with E-state index in [4.69, 9.17) is 32.7 Å². The fourth-order valence-electron chi connectivity index (χ4n) is 4.73. The van der Waals surface area contributed by atoms with Crippen LogP contribution in [0.3, 0.4) is 0 Å². The molecule has 0 amide bonds. The number of ether oxygens (including phenoxy) is 2. The molecule has 0 atom stereocenters. The molecule has 0 spiro atoms. The van der Waals surface area contributed by atoms with Gasteiger partial charge in [0.1, 0.15) is 12.4 Å². The van der Waals surface area contributed by atoms with Gasteiger partial charge in [-0.2, -0.15) is 0 Å². The molecule has 0 N–H and O–H groups in total. The highest BCUT2D eigenvalue weighted by molar-refractivity contribution is 6.42. The highest BCUT2D eigenvalue weighted by Gasteiger charge is 2.38. The lowest BCUT2D eigenvalue weighted by Crippen LogP contribution is -2.30. The summed E-state index contributed by atoms with van der Waals surface area (Å²) in [5.74, 6) is -0.449. The molecule has 2 heterocycles. The Morgan fingerprint density at radius 3 is 2.17 bits per heavy atom. The van der Waals surface area contributed by atoms with Crippen LogP contribution in [0.15, 0.2) is 66.9 Å². The monoisotopic (exact) mass is 593 g/mol. The number of nitrogens with zero attached hydrogens (tertiary/aromatic N) is 1. The lowest BCUT2D eigenvalue weighted by atomic mass is 9.79. The molecule has 0 unspecified atom stereocenters. The third-order valence-corrected chi connectivity index (χ3v) is 7.66. The maximum absolute atomic E-state index is 14.2. The molecule has 4 aromatic rings. The SMILES string of the molecule is COC(=O)C(C)(C)Cc1c(C(=O)C(C)(C)C)c2cc(OCc3ccccc3)ccn2c1C(=O)c1ccc(Cl)c(Cl)c1. The van der Waals surface area contributed by atoms with E-state index in [0.717, 1.165) is 5.56 Å². The van der Waals surface area contributed by atoms with Crippen LogP contribution in [0.1, 0.15) is 72.2 Å². The third-order valence-electron chi connectivity index (χ3n) is 6.92. The quantitative estimate of drug-likeness (QED) is 0.145. The van der Waals surface area contributed by atoms with Crippen LogP contribution in [0.25, 0.3) is 5.52 Å². The van der Waals surface area contributed by atoms with Crippen LogP contribution < -0.4 is 4.74 Å². The van der Waals surface area contributed by atoms with Gasteiger partial charge in [0, 0.05) is 28.8 Å². The lowest BCUT2D eigenvalue weighted by molar-refractivity contribution is -0.150. The maximum atomic E-state index is 14.2. The number of fused-ring (bicyclic) bond motifs is 1. The first-order chi connectivity index (χ1) is 19.2. The smallest absolute Gasteiger partial charge is 0.311 e. The van der Waals surface area contributed by atoms with Gasteiger partial charge in [0.25, 0.3) is 0 Å². The van der Waals surface area contributed by atoms with E-state index in [1.165, 1.54) is 13.2 Å². The number of hydrogen-bond acceptors (Lipinski definition) is 5. The second kappa shape index (κ2) is 11.7. The van der Waals surface area contributed by atoms with Gasteiger partial charge >= 0.3 is 5.97 Å². The Kier molecular flexibility index (Phi) is 8.67. The van der Waals surface area contributed by atoms with Gasteiger partial charge < -0.3 is 13.9 Å². The van der Waals surface area contributed by atoms with Gasteiger partial charge in [0.2, 0.25) is 5.78 Å². The predicted molar refractivity (Wildman–Crippen MR) is 161 cm³/mol. The molecule has 41 heavy (non-hydrogen) atoms. The number of carbonyl (C=O) groups excluding carboxylic acids is 3. The number of Topliss-reactive ketones (excluding diaryl/α,β-unsaturated/α-hetero) is 1. The number of methoxy groups -OCH3 is 1. The van der Waals surface area contributed by atoms with Crippen LogP contribution in [-0.2, 0) is 22.6 Å². The predicted octanol–water partition coefficient (Wildman–Crippen LogP) is 8.03. The molecular weight excluding hydrogens is 561 g/mol. The van der Waals surface area contributed by atoms with Gasteiger partial charge in [-0.1, -0.05) is 74.3 Å². The second-order valence-corrected chi connectivity index (χ2v) is 12.5. The Bertz CT molecular complexity index is 1630. The van der Waals surface area contributed by atoms with E-state index in [-0.39, 0.29) is 28.7 Å². The zero-order chi connectivity index (χ0) is 30.1. The van der Waals surface area contributed by atoms with Crippen molar-refractivity contribution in [1.82, 2.24) is 4.40 Å². The van der Waals surface area contributed by atoms with E-state index in [1.807, 2.05) is 51.1 Å². The Morgan fingerprint density at radius 2 is 1.56 bits per heavy atom. The number of pyridine rings is 1. The Balaban J connectivity index is 1.98. The standard InChI is InChI=1S/C33H33Cl2NO5/c1-32(2,3)30(38)27-23(18-33(4,5)31(39)40-6)28(29(37)21-12-13-24(34)25(35)16-21)36-15-14-22(17-26(27)36)41-19-20-10-8-7-9-11-20/h7-17H,18-19H2,1-6H3. The zero-order valence-corrected chi connectivity index (χ0v) is 25.5. The van der Waals surface area contributed by atoms with Crippen molar-refractivity contribution in [2.24, 2.45) is 10.8 Å². The number of ketones is 2. The maximum Gasteiger partial charge on any atom is 0.311 e. The Morgan fingerprint density at radius 1 is 0.878 bits per heavy atom. The molecule has 0 saturated heterocycles. The van der Waals surface area contributed by atoms with Crippen molar-refractivity contribution in [3.8, 4) is 5.75 Å². The number of aromatic nitrogens is 1. The van der Waals surface area contributed by atoms with Gasteiger partial charge in [-0.05, 0) is 55.7 Å². The summed E-state index contributed by atoms with van der Waals surface area (Å²) in [5, 5.41) is 0.552. The van der Waals surface area contributed by atoms with Crippen molar-refractivity contribution in [2.45, 2.75) is 47.6 Å². The highest BCUT2D eigenvalue weighted by Crippen LogP contribution is 2.38. The van der Waals surface area contributed by atoms with E-state index in [0.29, 0.717) is 39.6 Å². The minimum Gasteiger partial charge on any atom is -0.489 e. The largest absolute Gasteiger partial charge is 0.489 e. The Hall–Kier alpha value is -3.61. The minimum absolute atomic E-state index is 0.0844. The number of carbonyl (C=O) groups is 3. The molecule has 0 aliphatic carbocycles. The summed E-state index contributed by atoms with van der Waals surface area (Å²) in [6.45, 7) is 9.26. The number of benzene rings is 2. The van der Waals surface area contributed by atoms with E-state index < -0.39 is 16.8 Å². The summed E-state index contributed by atoms with van der Waals surface area (Å²) in [4.78, 5) is 41.0. The van der Waals surface area contributed by atoms with Gasteiger partial charge in [0.05, 0.1) is 33.8 Å². The lowest BCUT2D eigenvalue weighted by Gasteiger charge is -2.24. The summed E-state index contributed by atoms with van der Waals surface area (Å²) >= 11 is 12.4. The van der Waals surface area contributed by atoms with E-state index >= 15 is 0 Å². The molecule has 0 aliphatic heterocycles. The average Bonchev–Trinajstić information content (AvgIpc) is 3.23. The third kappa shape index (κ3) is 6.34. The molecule has 214 valence electrons. The van der Waals surface area contributed by atoms with Gasteiger partial charge in [-0.15, -0.1) is 0 Å². The Labute approximate surface area is 250 Å². The van der Waals surface area contributed by atoms with E-state index in [2.05, 4.69) is 0 Å². The summed E-state index contributed by atoms with van der Waals surface area (Å²) in [7, 11) is 1.32. The van der Waals surface area contributed by atoms with Crippen molar-refractivity contribution in [2.75, 3.05) is 7.11 Å². The molecule has 0 saturated carbocycles. The molecule has 0 fully saturated rings. The van der Waals surface area contributed by atoms with Crippen molar-refractivity contribution in [3.05, 3.63) is 105 Å². The highest BCUT2D eigenvalue weighted by atomic mass is 35.5. The molecule has 0 aliphatic rings. The van der Waals surface area contributed by atoms with Crippen molar-refractivity contribution in [1.29, 1.82) is 0 Å². The van der Waals surface area contributed by atoms with E-state index in [1.54, 1.807) is 48.7 Å². The molecule has 2 aromatic heterocycles. The summed E-state index contributed by atoms with van der Waals surface area (Å²) < 4.78 is 12.8. The first kappa shape index (κ1) is 30.4. The van der Waals surface area contributed by atoms with Crippen LogP contribution in [0.4, 0.5) is 0 Å². The fourth-order valence-corrected chi connectivity index (χ4v) is 5.03. The molecule has 8 heteroatoms. The first-order valence-corrected chi connectivity index (χ1v) is 14.0. The van der Waals surface area contributed by atoms with Gasteiger partial charge in [-0.25, -0.2) is 0 Å². The summed E-state index contributed by atoms with van der Waals surface area (Å²) in [6.07, 6.45) is 1.80. The van der Waals surface area contributed by atoms with Crippen LogP contribution in [0, 0.1) is 10.8 Å². The van der Waals surface area contributed by atoms with Crippen molar-refractivity contribution < 1.29 is 23.9 Å². The van der Waals surface area contributed by atoms with Crippen LogP contribution >= 0.6 is 23.2 Å². The van der Waals surface area contributed by atoms with Crippen LogP contribution in [0.2, 0.25) is 10.0 Å². The van der Waals surface area contributed by atoms with Gasteiger partial charge in [0.15, 0.2) is 5.78 Å². The summed E-state index contributed by atoms with van der Waals surface area (Å²) in [6, 6.07) is 17.9. The topological polar surface area (TPSA) is 74.1 Å². The molecular formula is C33H33Cl2NO5. The fraction of sp³-hybridized carbons (Fsp3) is 0.303. The normalized spacial score (nSPS) is 11.9. The molecule has 0 bridgehead atoms.